The Labute approximate surface area is 211 Å². The van der Waals surface area contributed by atoms with Crippen molar-refractivity contribution in [1.82, 2.24) is 4.57 Å². The molecule has 1 aromatic heterocycles. The fourth-order valence-corrected chi connectivity index (χ4v) is 5.43. The van der Waals surface area contributed by atoms with Gasteiger partial charge in [-0.3, -0.25) is 5.32 Å². The molecule has 36 heavy (non-hydrogen) atoms. The zero-order valence-corrected chi connectivity index (χ0v) is 20.7. The van der Waals surface area contributed by atoms with Gasteiger partial charge in [0.15, 0.2) is 0 Å². The molecule has 0 unspecified atom stereocenters. The molecule has 1 amide bonds. The van der Waals surface area contributed by atoms with Gasteiger partial charge in [0.1, 0.15) is 12.2 Å². The number of carbonyl (C=O) groups excluding carboxylic acids is 1. The first-order chi connectivity index (χ1) is 17.6. The number of nitrogens with one attached hydrogen (secondary N) is 1. The highest BCUT2D eigenvalue weighted by atomic mass is 16.6. The predicted octanol–water partition coefficient (Wildman–Crippen LogP) is 6.09. The van der Waals surface area contributed by atoms with Crippen LogP contribution in [-0.2, 0) is 9.47 Å². The van der Waals surface area contributed by atoms with Gasteiger partial charge in [0.05, 0.1) is 30.0 Å². The minimum absolute atomic E-state index is 0.0528. The molecule has 2 heterocycles. The van der Waals surface area contributed by atoms with Crippen molar-refractivity contribution in [2.75, 3.05) is 36.5 Å². The summed E-state index contributed by atoms with van der Waals surface area (Å²) in [6, 6.07) is 17.1. The highest BCUT2D eigenvalue weighted by Gasteiger charge is 2.31. The van der Waals surface area contributed by atoms with Crippen molar-refractivity contribution in [3.05, 3.63) is 48.0 Å². The van der Waals surface area contributed by atoms with Gasteiger partial charge >= 0.3 is 6.09 Å². The molecular weight excluding hydrogens is 452 g/mol. The summed E-state index contributed by atoms with van der Waals surface area (Å²) in [7, 11) is 0. The number of hydrogen-bond donors (Lipinski definition) is 1. The minimum atomic E-state index is -0.418. The lowest BCUT2D eigenvalue weighted by atomic mass is 9.92. The second kappa shape index (κ2) is 9.51. The van der Waals surface area contributed by atoms with E-state index in [0.29, 0.717) is 23.2 Å². The molecule has 6 rings (SSSR count). The van der Waals surface area contributed by atoms with Gasteiger partial charge in [-0.1, -0.05) is 12.1 Å². The van der Waals surface area contributed by atoms with E-state index in [0.717, 1.165) is 74.1 Å². The molecule has 0 radical (unpaired) electrons. The molecule has 2 aromatic carbocycles. The molecule has 1 N–H and O–H groups in total. The average molecular weight is 485 g/mol. The first kappa shape index (κ1) is 22.9. The maximum atomic E-state index is 12.3. The summed E-state index contributed by atoms with van der Waals surface area (Å²) in [5, 5.41) is 14.1. The first-order valence-corrected chi connectivity index (χ1v) is 13.1. The third-order valence-corrected chi connectivity index (χ3v) is 7.90. The van der Waals surface area contributed by atoms with E-state index in [1.807, 2.05) is 31.2 Å². The Bertz CT molecular complexity index is 1310. The van der Waals surface area contributed by atoms with Crippen LogP contribution in [0.5, 0.6) is 0 Å². The van der Waals surface area contributed by atoms with Gasteiger partial charge < -0.3 is 18.9 Å². The maximum absolute atomic E-state index is 12.3. The van der Waals surface area contributed by atoms with Crippen LogP contribution in [0.1, 0.15) is 50.6 Å². The summed E-state index contributed by atoms with van der Waals surface area (Å²) in [5.41, 5.74) is 5.64. The van der Waals surface area contributed by atoms with E-state index in [9.17, 15) is 10.1 Å². The Hall–Kier alpha value is -3.50. The smallest absolute Gasteiger partial charge is 0.411 e. The first-order valence-electron chi connectivity index (χ1n) is 13.1. The minimum Gasteiger partial charge on any atom is -0.446 e. The summed E-state index contributed by atoms with van der Waals surface area (Å²) in [6.45, 7) is 5.19. The van der Waals surface area contributed by atoms with Crippen LogP contribution in [0.2, 0.25) is 0 Å². The number of fused-ring (bicyclic) bond motifs is 1. The molecule has 0 bridgehead atoms. The number of ether oxygens (including phenoxy) is 2. The van der Waals surface area contributed by atoms with Crippen LogP contribution < -0.4 is 10.2 Å². The number of nitrogens with zero attached hydrogens (tertiary/aromatic N) is 3. The van der Waals surface area contributed by atoms with Crippen molar-refractivity contribution < 1.29 is 14.3 Å². The number of rotatable bonds is 6. The Morgan fingerprint density at radius 2 is 1.86 bits per heavy atom. The van der Waals surface area contributed by atoms with Crippen LogP contribution in [0.25, 0.3) is 22.2 Å². The average Bonchev–Trinajstić information content (AvgIpc) is 3.67. The second-order valence-electron chi connectivity index (χ2n) is 10.2. The molecule has 1 aliphatic heterocycles. The highest BCUT2D eigenvalue weighted by Crippen LogP contribution is 2.43. The van der Waals surface area contributed by atoms with Gasteiger partial charge in [0.25, 0.3) is 0 Å². The Balaban J connectivity index is 1.34. The fraction of sp³-hybridized carbons (Fsp3) is 0.448. The second-order valence-corrected chi connectivity index (χ2v) is 10.2. The van der Waals surface area contributed by atoms with Gasteiger partial charge in [0, 0.05) is 35.9 Å². The zero-order chi connectivity index (χ0) is 24.6. The van der Waals surface area contributed by atoms with E-state index in [-0.39, 0.29) is 6.10 Å². The lowest BCUT2D eigenvalue weighted by Gasteiger charge is -2.31. The van der Waals surface area contributed by atoms with Crippen LogP contribution in [0.15, 0.2) is 42.5 Å². The number of amides is 1. The molecule has 3 fully saturated rings. The third-order valence-electron chi connectivity index (χ3n) is 7.90. The molecule has 1 atom stereocenters. The molecule has 186 valence electrons. The number of benzene rings is 2. The van der Waals surface area contributed by atoms with Crippen LogP contribution >= 0.6 is 0 Å². The standard InChI is InChI=1S/C29H32N4O3/c1-19(20-5-6-20)36-29(34)31-22-9-7-21(8-10-22)28-26(18-30)25-12-11-24(32-13-15-35-16-14-32)17-27(25)33(28)23-3-2-4-23/h7-12,17,19-20,23H,2-6,13-16H2,1H3,(H,31,34)/t19-/m1/s1. The molecule has 7 heteroatoms. The van der Waals surface area contributed by atoms with Crippen LogP contribution in [-0.4, -0.2) is 43.1 Å². The summed E-state index contributed by atoms with van der Waals surface area (Å²) in [4.78, 5) is 14.6. The van der Waals surface area contributed by atoms with Crippen LogP contribution in [0, 0.1) is 17.2 Å². The number of anilines is 2. The van der Waals surface area contributed by atoms with E-state index >= 15 is 0 Å². The molecule has 7 nitrogen and oxygen atoms in total. The number of aromatic nitrogens is 1. The van der Waals surface area contributed by atoms with E-state index in [2.05, 4.69) is 39.1 Å². The summed E-state index contributed by atoms with van der Waals surface area (Å²) in [6.07, 6.45) is 5.24. The number of hydrogen-bond acceptors (Lipinski definition) is 5. The molecule has 2 aliphatic carbocycles. The van der Waals surface area contributed by atoms with Gasteiger partial charge in [-0.05, 0) is 80.8 Å². The van der Waals surface area contributed by atoms with Crippen LogP contribution in [0.3, 0.4) is 0 Å². The number of nitriles is 1. The van der Waals surface area contributed by atoms with E-state index in [4.69, 9.17) is 9.47 Å². The normalized spacial score (nSPS) is 18.9. The fourth-order valence-electron chi connectivity index (χ4n) is 5.43. The van der Waals surface area contributed by atoms with Crippen molar-refractivity contribution in [1.29, 1.82) is 5.26 Å². The van der Waals surface area contributed by atoms with Crippen molar-refractivity contribution in [3.8, 4) is 17.3 Å². The van der Waals surface area contributed by atoms with Crippen molar-refractivity contribution in [2.45, 2.75) is 51.2 Å². The topological polar surface area (TPSA) is 79.5 Å². The quantitative estimate of drug-likeness (QED) is 0.458. The zero-order valence-electron chi connectivity index (χ0n) is 20.7. The van der Waals surface area contributed by atoms with E-state index in [1.54, 1.807) is 0 Å². The Morgan fingerprint density at radius 3 is 2.50 bits per heavy atom. The summed E-state index contributed by atoms with van der Waals surface area (Å²) in [5.74, 6) is 0.500. The Kier molecular flexibility index (Phi) is 6.06. The predicted molar refractivity (Wildman–Crippen MR) is 140 cm³/mol. The molecular formula is C29H32N4O3. The highest BCUT2D eigenvalue weighted by molar-refractivity contribution is 5.96. The van der Waals surface area contributed by atoms with Gasteiger partial charge in [-0.15, -0.1) is 0 Å². The van der Waals surface area contributed by atoms with Crippen LogP contribution in [0.4, 0.5) is 16.2 Å². The lowest BCUT2D eigenvalue weighted by Crippen LogP contribution is -2.36. The van der Waals surface area contributed by atoms with Gasteiger partial charge in [-0.2, -0.15) is 5.26 Å². The summed E-state index contributed by atoms with van der Waals surface area (Å²) < 4.78 is 13.4. The maximum Gasteiger partial charge on any atom is 0.411 e. The Morgan fingerprint density at radius 1 is 1.11 bits per heavy atom. The molecule has 3 aromatic rings. The summed E-state index contributed by atoms with van der Waals surface area (Å²) >= 11 is 0. The third kappa shape index (κ3) is 4.31. The number of morpholine rings is 1. The largest absolute Gasteiger partial charge is 0.446 e. The number of carbonyl (C=O) groups is 1. The van der Waals surface area contributed by atoms with Gasteiger partial charge in [0.2, 0.25) is 0 Å². The van der Waals surface area contributed by atoms with Crippen molar-refractivity contribution >= 4 is 28.4 Å². The SMILES string of the molecule is C[C@@H](OC(=O)Nc1ccc(-c2c(C#N)c3ccc(N4CCOCC4)cc3n2C2CCC2)cc1)C1CC1. The lowest BCUT2D eigenvalue weighted by molar-refractivity contribution is 0.108. The van der Waals surface area contributed by atoms with E-state index in [1.165, 1.54) is 12.1 Å². The monoisotopic (exact) mass is 484 g/mol. The molecule has 2 saturated carbocycles. The van der Waals surface area contributed by atoms with Crippen molar-refractivity contribution in [3.63, 3.8) is 0 Å². The molecule has 3 aliphatic rings. The molecule has 1 saturated heterocycles. The molecule has 0 spiro atoms. The van der Waals surface area contributed by atoms with Gasteiger partial charge in [-0.25, -0.2) is 4.79 Å². The van der Waals surface area contributed by atoms with E-state index < -0.39 is 6.09 Å². The van der Waals surface area contributed by atoms with Crippen molar-refractivity contribution in [2.24, 2.45) is 5.92 Å².